The number of esters is 1. The fourth-order valence-electron chi connectivity index (χ4n) is 2.14. The first-order valence-corrected chi connectivity index (χ1v) is 6.51. The van der Waals surface area contributed by atoms with Gasteiger partial charge in [0.05, 0.1) is 6.61 Å². The van der Waals surface area contributed by atoms with Gasteiger partial charge in [0.1, 0.15) is 11.6 Å². The molecule has 20 heavy (non-hydrogen) atoms. The summed E-state index contributed by atoms with van der Waals surface area (Å²) in [5.41, 5.74) is -0.428. The summed E-state index contributed by atoms with van der Waals surface area (Å²) in [4.78, 5) is 39.8. The van der Waals surface area contributed by atoms with Crippen LogP contribution in [-0.2, 0) is 9.53 Å². The SMILES string of the molecule is CCOC(=O)C1CNCCN1C(=O)c1ccc[nH]c1=O. The summed E-state index contributed by atoms with van der Waals surface area (Å²) in [6.07, 6.45) is 1.46. The molecule has 1 unspecified atom stereocenters. The maximum atomic E-state index is 12.4. The van der Waals surface area contributed by atoms with Gasteiger partial charge in [0.15, 0.2) is 0 Å². The van der Waals surface area contributed by atoms with Gasteiger partial charge in [-0.1, -0.05) is 0 Å². The van der Waals surface area contributed by atoms with Crippen LogP contribution < -0.4 is 10.9 Å². The van der Waals surface area contributed by atoms with Gasteiger partial charge in [-0.05, 0) is 19.1 Å². The number of aromatic amines is 1. The third-order valence-corrected chi connectivity index (χ3v) is 3.11. The van der Waals surface area contributed by atoms with Crippen molar-refractivity contribution in [3.63, 3.8) is 0 Å². The number of rotatable bonds is 3. The molecule has 0 bridgehead atoms. The van der Waals surface area contributed by atoms with E-state index in [4.69, 9.17) is 4.74 Å². The van der Waals surface area contributed by atoms with Gasteiger partial charge in [-0.25, -0.2) is 4.79 Å². The van der Waals surface area contributed by atoms with E-state index < -0.39 is 23.5 Å². The Morgan fingerprint density at radius 3 is 3.00 bits per heavy atom. The smallest absolute Gasteiger partial charge is 0.330 e. The van der Waals surface area contributed by atoms with Crippen molar-refractivity contribution in [2.24, 2.45) is 0 Å². The van der Waals surface area contributed by atoms with Crippen LogP contribution in [0.4, 0.5) is 0 Å². The fraction of sp³-hybridized carbons (Fsp3) is 0.462. The third-order valence-electron chi connectivity index (χ3n) is 3.11. The van der Waals surface area contributed by atoms with Crippen molar-refractivity contribution < 1.29 is 14.3 Å². The molecule has 1 saturated heterocycles. The van der Waals surface area contributed by atoms with Gasteiger partial charge in [0, 0.05) is 25.8 Å². The number of pyridine rings is 1. The predicted octanol–water partition coefficient (Wildman–Crippen LogP) is -0.648. The van der Waals surface area contributed by atoms with Crippen LogP contribution in [0, 0.1) is 0 Å². The molecule has 1 fully saturated rings. The topological polar surface area (TPSA) is 91.5 Å². The average molecular weight is 279 g/mol. The molecule has 0 aliphatic carbocycles. The van der Waals surface area contributed by atoms with Gasteiger partial charge in [-0.3, -0.25) is 9.59 Å². The molecule has 0 spiro atoms. The fourth-order valence-corrected chi connectivity index (χ4v) is 2.14. The summed E-state index contributed by atoms with van der Waals surface area (Å²) in [6, 6.07) is 2.33. The Bertz CT molecular complexity index is 555. The molecule has 2 rings (SSSR count). The number of amides is 1. The summed E-state index contributed by atoms with van der Waals surface area (Å²) < 4.78 is 4.97. The minimum absolute atomic E-state index is 0.0312. The Morgan fingerprint density at radius 1 is 1.50 bits per heavy atom. The van der Waals surface area contributed by atoms with Crippen LogP contribution in [0.1, 0.15) is 17.3 Å². The molecule has 2 heterocycles. The second-order valence-electron chi connectivity index (χ2n) is 4.38. The van der Waals surface area contributed by atoms with Gasteiger partial charge < -0.3 is 19.9 Å². The van der Waals surface area contributed by atoms with Crippen LogP contribution in [0.3, 0.4) is 0 Å². The lowest BCUT2D eigenvalue weighted by Crippen LogP contribution is -2.58. The Morgan fingerprint density at radius 2 is 2.30 bits per heavy atom. The van der Waals surface area contributed by atoms with Crippen molar-refractivity contribution in [3.05, 3.63) is 34.2 Å². The zero-order valence-corrected chi connectivity index (χ0v) is 11.2. The number of aromatic nitrogens is 1. The van der Waals surface area contributed by atoms with E-state index in [1.807, 2.05) is 0 Å². The summed E-state index contributed by atoms with van der Waals surface area (Å²) in [5, 5.41) is 3.04. The van der Waals surface area contributed by atoms with E-state index in [1.54, 1.807) is 13.0 Å². The van der Waals surface area contributed by atoms with Crippen LogP contribution in [0.15, 0.2) is 23.1 Å². The number of carbonyl (C=O) groups is 2. The highest BCUT2D eigenvalue weighted by Gasteiger charge is 2.34. The second kappa shape index (κ2) is 6.33. The van der Waals surface area contributed by atoms with Crippen molar-refractivity contribution in [2.45, 2.75) is 13.0 Å². The summed E-state index contributed by atoms with van der Waals surface area (Å²) in [6.45, 7) is 3.23. The van der Waals surface area contributed by atoms with Crippen molar-refractivity contribution >= 4 is 11.9 Å². The molecule has 0 radical (unpaired) electrons. The zero-order chi connectivity index (χ0) is 14.5. The minimum Gasteiger partial charge on any atom is -0.464 e. The molecule has 1 atom stereocenters. The second-order valence-corrected chi connectivity index (χ2v) is 4.38. The average Bonchev–Trinajstić information content (AvgIpc) is 2.47. The van der Waals surface area contributed by atoms with E-state index in [0.717, 1.165) is 0 Å². The van der Waals surface area contributed by atoms with Crippen LogP contribution in [0.25, 0.3) is 0 Å². The number of carbonyl (C=O) groups excluding carboxylic acids is 2. The Hall–Kier alpha value is -2.15. The molecule has 1 amide bonds. The Kier molecular flexibility index (Phi) is 4.52. The molecule has 1 aromatic heterocycles. The molecule has 7 heteroatoms. The first-order chi connectivity index (χ1) is 9.65. The number of hydrogen-bond acceptors (Lipinski definition) is 5. The van der Waals surface area contributed by atoms with E-state index in [1.165, 1.54) is 17.2 Å². The summed E-state index contributed by atoms with van der Waals surface area (Å²) in [7, 11) is 0. The molecule has 7 nitrogen and oxygen atoms in total. The molecular weight excluding hydrogens is 262 g/mol. The van der Waals surface area contributed by atoms with Crippen LogP contribution in [0.2, 0.25) is 0 Å². The summed E-state index contributed by atoms with van der Waals surface area (Å²) in [5.74, 6) is -0.910. The normalized spacial score (nSPS) is 18.6. The van der Waals surface area contributed by atoms with E-state index in [-0.39, 0.29) is 12.2 Å². The number of piperazine rings is 1. The maximum Gasteiger partial charge on any atom is 0.330 e. The van der Waals surface area contributed by atoms with Crippen molar-refractivity contribution in [3.8, 4) is 0 Å². The first-order valence-electron chi connectivity index (χ1n) is 6.51. The highest BCUT2D eigenvalue weighted by Crippen LogP contribution is 2.09. The zero-order valence-electron chi connectivity index (χ0n) is 11.2. The highest BCUT2D eigenvalue weighted by molar-refractivity contribution is 5.96. The predicted molar refractivity (Wildman–Crippen MR) is 71.4 cm³/mol. The van der Waals surface area contributed by atoms with Gasteiger partial charge in [0.2, 0.25) is 0 Å². The van der Waals surface area contributed by atoms with E-state index in [0.29, 0.717) is 19.6 Å². The molecule has 108 valence electrons. The van der Waals surface area contributed by atoms with E-state index in [2.05, 4.69) is 10.3 Å². The monoisotopic (exact) mass is 279 g/mol. The van der Waals surface area contributed by atoms with Crippen LogP contribution >= 0.6 is 0 Å². The number of hydrogen-bond donors (Lipinski definition) is 2. The van der Waals surface area contributed by atoms with Crippen molar-refractivity contribution in [2.75, 3.05) is 26.2 Å². The lowest BCUT2D eigenvalue weighted by atomic mass is 10.1. The highest BCUT2D eigenvalue weighted by atomic mass is 16.5. The number of H-pyrrole nitrogens is 1. The first kappa shape index (κ1) is 14.3. The number of nitrogens with zero attached hydrogens (tertiary/aromatic N) is 1. The molecule has 1 aromatic rings. The minimum atomic E-state index is -0.698. The maximum absolute atomic E-state index is 12.4. The van der Waals surface area contributed by atoms with E-state index >= 15 is 0 Å². The molecule has 0 saturated carbocycles. The molecule has 1 aliphatic rings. The lowest BCUT2D eigenvalue weighted by Gasteiger charge is -2.34. The van der Waals surface area contributed by atoms with Crippen LogP contribution in [-0.4, -0.2) is 54.0 Å². The van der Waals surface area contributed by atoms with Crippen molar-refractivity contribution in [1.82, 2.24) is 15.2 Å². The number of nitrogens with one attached hydrogen (secondary N) is 2. The number of ether oxygens (including phenoxy) is 1. The Labute approximate surface area is 115 Å². The lowest BCUT2D eigenvalue weighted by molar-refractivity contribution is -0.149. The standard InChI is InChI=1S/C13H17N3O4/c1-2-20-13(19)10-8-14-6-7-16(10)12(18)9-4-3-5-15-11(9)17/h3-5,10,14H,2,6-8H2,1H3,(H,15,17). The Balaban J connectivity index is 2.24. The summed E-state index contributed by atoms with van der Waals surface area (Å²) >= 11 is 0. The molecule has 0 aromatic carbocycles. The van der Waals surface area contributed by atoms with Gasteiger partial charge in [-0.15, -0.1) is 0 Å². The molecular formula is C13H17N3O4. The van der Waals surface area contributed by atoms with Gasteiger partial charge in [0.25, 0.3) is 11.5 Å². The van der Waals surface area contributed by atoms with Gasteiger partial charge in [-0.2, -0.15) is 0 Å². The van der Waals surface area contributed by atoms with Crippen molar-refractivity contribution in [1.29, 1.82) is 0 Å². The molecule has 2 N–H and O–H groups in total. The van der Waals surface area contributed by atoms with Gasteiger partial charge >= 0.3 is 5.97 Å². The van der Waals surface area contributed by atoms with E-state index in [9.17, 15) is 14.4 Å². The van der Waals surface area contributed by atoms with Crippen LogP contribution in [0.5, 0.6) is 0 Å². The largest absolute Gasteiger partial charge is 0.464 e. The quantitative estimate of drug-likeness (QED) is 0.718. The molecule has 1 aliphatic heterocycles. The third kappa shape index (κ3) is 2.88.